The number of hydrogen-bond acceptors (Lipinski definition) is 2. The van der Waals surface area contributed by atoms with Crippen molar-refractivity contribution in [1.29, 1.82) is 0 Å². The van der Waals surface area contributed by atoms with Crippen LogP contribution in [0.25, 0.3) is 0 Å². The van der Waals surface area contributed by atoms with Gasteiger partial charge in [0.15, 0.2) is 0 Å². The number of likely N-dealkylation sites (tertiary alicyclic amines) is 1. The molecule has 2 N–H and O–H groups in total. The highest BCUT2D eigenvalue weighted by atomic mass is 35.5. The zero-order chi connectivity index (χ0) is 13.5. The van der Waals surface area contributed by atoms with Crippen LogP contribution in [0.3, 0.4) is 0 Å². The molecule has 1 aliphatic carbocycles. The molecule has 20 heavy (non-hydrogen) atoms. The maximum Gasteiger partial charge on any atom is 0.230 e. The molecular formula is C16H23ClN2O. The summed E-state index contributed by atoms with van der Waals surface area (Å²) in [5.74, 6) is 0.387. The second-order valence-electron chi connectivity index (χ2n) is 6.31. The van der Waals surface area contributed by atoms with E-state index in [-0.39, 0.29) is 23.7 Å². The number of benzene rings is 1. The highest BCUT2D eigenvalue weighted by Gasteiger charge is 2.39. The molecule has 2 atom stereocenters. The van der Waals surface area contributed by atoms with Crippen molar-refractivity contribution in [1.82, 2.24) is 4.90 Å². The molecule has 1 aromatic carbocycles. The summed E-state index contributed by atoms with van der Waals surface area (Å²) in [6, 6.07) is 8.37. The van der Waals surface area contributed by atoms with Gasteiger partial charge in [-0.15, -0.1) is 12.4 Å². The summed E-state index contributed by atoms with van der Waals surface area (Å²) in [5.41, 5.74) is 8.53. The number of halogens is 1. The first-order valence-corrected chi connectivity index (χ1v) is 7.20. The van der Waals surface area contributed by atoms with E-state index < -0.39 is 0 Å². The lowest BCUT2D eigenvalue weighted by atomic mass is 9.90. The van der Waals surface area contributed by atoms with Gasteiger partial charge in [0, 0.05) is 13.1 Å². The van der Waals surface area contributed by atoms with Crippen molar-refractivity contribution in [2.75, 3.05) is 19.6 Å². The fourth-order valence-electron chi connectivity index (χ4n) is 3.41. The molecule has 1 aliphatic heterocycles. The third-order valence-electron chi connectivity index (χ3n) is 4.79. The Kier molecular flexibility index (Phi) is 4.40. The lowest BCUT2D eigenvalue weighted by Crippen LogP contribution is -2.36. The highest BCUT2D eigenvalue weighted by Crippen LogP contribution is 2.37. The fourth-order valence-corrected chi connectivity index (χ4v) is 3.41. The third-order valence-corrected chi connectivity index (χ3v) is 4.79. The molecule has 1 heterocycles. The molecule has 0 radical (unpaired) electrons. The first-order chi connectivity index (χ1) is 9.13. The zero-order valence-corrected chi connectivity index (χ0v) is 12.8. The number of nitrogens with two attached hydrogens (primary N) is 1. The van der Waals surface area contributed by atoms with E-state index in [1.807, 2.05) is 11.0 Å². The Morgan fingerprint density at radius 1 is 1.45 bits per heavy atom. The van der Waals surface area contributed by atoms with Gasteiger partial charge < -0.3 is 10.6 Å². The first-order valence-electron chi connectivity index (χ1n) is 7.20. The quantitative estimate of drug-likeness (QED) is 0.910. The van der Waals surface area contributed by atoms with E-state index in [4.69, 9.17) is 5.73 Å². The molecule has 1 fully saturated rings. The molecule has 0 bridgehead atoms. The largest absolute Gasteiger partial charge is 0.342 e. The van der Waals surface area contributed by atoms with Gasteiger partial charge in [0.2, 0.25) is 5.91 Å². The second kappa shape index (κ2) is 5.74. The highest BCUT2D eigenvalue weighted by molar-refractivity contribution is 5.85. The van der Waals surface area contributed by atoms with Gasteiger partial charge in [0.1, 0.15) is 0 Å². The lowest BCUT2D eigenvalue weighted by Gasteiger charge is -2.25. The maximum atomic E-state index is 12.7. The Labute approximate surface area is 126 Å². The van der Waals surface area contributed by atoms with Crippen LogP contribution in [-0.2, 0) is 11.2 Å². The predicted molar refractivity (Wildman–Crippen MR) is 83.1 cm³/mol. The van der Waals surface area contributed by atoms with E-state index in [1.165, 1.54) is 11.1 Å². The summed E-state index contributed by atoms with van der Waals surface area (Å²) in [7, 11) is 0. The standard InChI is InChI=1S/C16H22N2O.ClH/c1-16(10-17)8-9-18(11-16)15(19)14-7-6-12-4-2-3-5-13(12)14;/h2-5,14H,6-11,17H2,1H3;1H. The van der Waals surface area contributed by atoms with E-state index in [0.29, 0.717) is 12.5 Å². The normalized spacial score (nSPS) is 28.1. The number of amides is 1. The van der Waals surface area contributed by atoms with Gasteiger partial charge in [-0.2, -0.15) is 0 Å². The van der Waals surface area contributed by atoms with Gasteiger partial charge in [-0.3, -0.25) is 4.79 Å². The van der Waals surface area contributed by atoms with E-state index in [2.05, 4.69) is 25.1 Å². The Morgan fingerprint density at radius 3 is 2.90 bits per heavy atom. The smallest absolute Gasteiger partial charge is 0.230 e. The third kappa shape index (κ3) is 2.57. The maximum absolute atomic E-state index is 12.7. The SMILES string of the molecule is CC1(CN)CCN(C(=O)C2CCc3ccccc32)C1.Cl. The van der Waals surface area contributed by atoms with E-state index in [9.17, 15) is 4.79 Å². The molecule has 110 valence electrons. The number of carbonyl (C=O) groups excluding carboxylic acids is 1. The van der Waals surface area contributed by atoms with Gasteiger partial charge in [0.05, 0.1) is 5.92 Å². The Hall–Kier alpha value is -1.06. The van der Waals surface area contributed by atoms with Crippen LogP contribution in [0, 0.1) is 5.41 Å². The minimum Gasteiger partial charge on any atom is -0.342 e. The van der Waals surface area contributed by atoms with Crippen molar-refractivity contribution < 1.29 is 4.79 Å². The Bertz CT molecular complexity index is 505. The van der Waals surface area contributed by atoms with Crippen LogP contribution in [0.5, 0.6) is 0 Å². The van der Waals surface area contributed by atoms with Gasteiger partial charge in [-0.1, -0.05) is 31.2 Å². The van der Waals surface area contributed by atoms with Gasteiger partial charge in [-0.05, 0) is 42.3 Å². The monoisotopic (exact) mass is 294 g/mol. The molecule has 0 aromatic heterocycles. The molecular weight excluding hydrogens is 272 g/mol. The van der Waals surface area contributed by atoms with Crippen LogP contribution in [0.15, 0.2) is 24.3 Å². The molecule has 3 nitrogen and oxygen atoms in total. The minimum absolute atomic E-state index is 0. The zero-order valence-electron chi connectivity index (χ0n) is 12.0. The average molecular weight is 295 g/mol. The summed E-state index contributed by atoms with van der Waals surface area (Å²) in [6.45, 7) is 4.53. The number of carbonyl (C=O) groups is 1. The predicted octanol–water partition coefficient (Wildman–Crippen LogP) is 2.34. The van der Waals surface area contributed by atoms with Crippen LogP contribution < -0.4 is 5.73 Å². The number of hydrogen-bond donors (Lipinski definition) is 1. The number of rotatable bonds is 2. The van der Waals surface area contributed by atoms with Gasteiger partial charge in [0.25, 0.3) is 0 Å². The lowest BCUT2D eigenvalue weighted by molar-refractivity contribution is -0.132. The van der Waals surface area contributed by atoms with E-state index in [1.54, 1.807) is 0 Å². The topological polar surface area (TPSA) is 46.3 Å². The summed E-state index contributed by atoms with van der Waals surface area (Å²) in [5, 5.41) is 0. The van der Waals surface area contributed by atoms with Crippen LogP contribution >= 0.6 is 12.4 Å². The Balaban J connectivity index is 0.00000147. The molecule has 2 aliphatic rings. The van der Waals surface area contributed by atoms with E-state index >= 15 is 0 Å². The molecule has 2 unspecified atom stereocenters. The number of fused-ring (bicyclic) bond motifs is 1. The van der Waals surface area contributed by atoms with Crippen molar-refractivity contribution in [3.8, 4) is 0 Å². The second-order valence-corrected chi connectivity index (χ2v) is 6.31. The fraction of sp³-hybridized carbons (Fsp3) is 0.562. The molecule has 0 saturated carbocycles. The molecule has 1 aromatic rings. The summed E-state index contributed by atoms with van der Waals surface area (Å²) < 4.78 is 0. The number of nitrogens with zero attached hydrogens (tertiary/aromatic N) is 1. The van der Waals surface area contributed by atoms with Crippen molar-refractivity contribution in [3.63, 3.8) is 0 Å². The van der Waals surface area contributed by atoms with Crippen molar-refractivity contribution in [3.05, 3.63) is 35.4 Å². The number of aryl methyl sites for hydroxylation is 1. The van der Waals surface area contributed by atoms with Crippen LogP contribution in [0.4, 0.5) is 0 Å². The van der Waals surface area contributed by atoms with Gasteiger partial charge in [-0.25, -0.2) is 0 Å². The van der Waals surface area contributed by atoms with Gasteiger partial charge >= 0.3 is 0 Å². The summed E-state index contributed by atoms with van der Waals surface area (Å²) in [4.78, 5) is 14.7. The van der Waals surface area contributed by atoms with Crippen molar-refractivity contribution in [2.45, 2.75) is 32.1 Å². The first kappa shape index (κ1) is 15.3. The van der Waals surface area contributed by atoms with Crippen LogP contribution in [-0.4, -0.2) is 30.4 Å². The molecule has 1 saturated heterocycles. The minimum atomic E-state index is 0. The molecule has 4 heteroatoms. The van der Waals surface area contributed by atoms with Crippen molar-refractivity contribution >= 4 is 18.3 Å². The molecule has 1 amide bonds. The van der Waals surface area contributed by atoms with Crippen LogP contribution in [0.2, 0.25) is 0 Å². The van der Waals surface area contributed by atoms with Crippen molar-refractivity contribution in [2.24, 2.45) is 11.1 Å². The summed E-state index contributed by atoms with van der Waals surface area (Å²) in [6.07, 6.45) is 3.03. The van der Waals surface area contributed by atoms with E-state index in [0.717, 1.165) is 32.4 Å². The molecule has 3 rings (SSSR count). The average Bonchev–Trinajstić information content (AvgIpc) is 3.03. The Morgan fingerprint density at radius 2 is 2.20 bits per heavy atom. The molecule has 0 spiro atoms. The summed E-state index contributed by atoms with van der Waals surface area (Å²) >= 11 is 0. The van der Waals surface area contributed by atoms with Crippen LogP contribution in [0.1, 0.15) is 36.8 Å².